The molecular weight excluding hydrogens is 291 g/mol. The maximum absolute atomic E-state index is 12.8. The minimum atomic E-state index is -0.460. The average molecular weight is 302 g/mol. The van der Waals surface area contributed by atoms with E-state index in [4.69, 9.17) is 0 Å². The highest BCUT2D eigenvalue weighted by Crippen LogP contribution is 2.36. The van der Waals surface area contributed by atoms with Gasteiger partial charge in [0.25, 0.3) is 0 Å². The molecule has 4 rings (SSSR count). The van der Waals surface area contributed by atoms with Gasteiger partial charge in [-0.3, -0.25) is 5.10 Å². The molecule has 0 aliphatic heterocycles. The molecule has 2 N–H and O–H groups in total. The van der Waals surface area contributed by atoms with Gasteiger partial charge in [0.05, 0.1) is 24.3 Å². The molecule has 0 saturated carbocycles. The molecule has 0 fully saturated rings. The van der Waals surface area contributed by atoms with E-state index in [1.165, 1.54) is 4.88 Å². The molecule has 21 heavy (non-hydrogen) atoms. The van der Waals surface area contributed by atoms with Gasteiger partial charge in [-0.15, -0.1) is 11.3 Å². The number of thiazole rings is 1. The minimum Gasteiger partial charge on any atom is -0.300 e. The number of anilines is 2. The number of aromatic nitrogens is 5. The lowest BCUT2D eigenvalue weighted by atomic mass is 10.2. The molecule has 0 unspecified atom stereocenters. The Morgan fingerprint density at radius 1 is 1.19 bits per heavy atom. The SMILES string of the molecule is Fc1cnc(Nc2nc3c(s2)CCCc2[nH]ncc2-3)nc1. The number of aromatic amines is 1. The van der Waals surface area contributed by atoms with Crippen molar-refractivity contribution in [2.75, 3.05) is 5.32 Å². The Balaban J connectivity index is 1.68. The number of nitrogens with one attached hydrogen (secondary N) is 2. The molecule has 3 heterocycles. The summed E-state index contributed by atoms with van der Waals surface area (Å²) in [6.45, 7) is 0. The van der Waals surface area contributed by atoms with Crippen molar-refractivity contribution in [2.24, 2.45) is 0 Å². The largest absolute Gasteiger partial charge is 0.300 e. The highest BCUT2D eigenvalue weighted by atomic mass is 32.1. The van der Waals surface area contributed by atoms with Gasteiger partial charge in [0, 0.05) is 16.1 Å². The number of nitrogens with zero attached hydrogens (tertiary/aromatic N) is 4. The van der Waals surface area contributed by atoms with Crippen LogP contribution in [-0.4, -0.2) is 25.1 Å². The number of hydrogen-bond acceptors (Lipinski definition) is 6. The maximum Gasteiger partial charge on any atom is 0.229 e. The van der Waals surface area contributed by atoms with Crippen LogP contribution in [0.4, 0.5) is 15.5 Å². The highest BCUT2D eigenvalue weighted by molar-refractivity contribution is 7.16. The first-order valence-electron chi connectivity index (χ1n) is 6.56. The molecule has 0 bridgehead atoms. The first-order valence-corrected chi connectivity index (χ1v) is 7.38. The van der Waals surface area contributed by atoms with E-state index in [0.29, 0.717) is 11.1 Å². The zero-order valence-electron chi connectivity index (χ0n) is 10.9. The first-order chi connectivity index (χ1) is 10.3. The van der Waals surface area contributed by atoms with Gasteiger partial charge in [0.2, 0.25) is 5.95 Å². The van der Waals surface area contributed by atoms with Crippen molar-refractivity contribution < 1.29 is 4.39 Å². The summed E-state index contributed by atoms with van der Waals surface area (Å²) in [4.78, 5) is 13.6. The number of rotatable bonds is 2. The minimum absolute atomic E-state index is 0.340. The zero-order valence-corrected chi connectivity index (χ0v) is 11.7. The lowest BCUT2D eigenvalue weighted by Crippen LogP contribution is -1.96. The second kappa shape index (κ2) is 4.88. The Labute approximate surface area is 123 Å². The molecule has 8 heteroatoms. The van der Waals surface area contributed by atoms with Gasteiger partial charge in [-0.2, -0.15) is 5.10 Å². The van der Waals surface area contributed by atoms with Crippen LogP contribution in [0, 0.1) is 5.82 Å². The molecular formula is C13H11FN6S. The van der Waals surface area contributed by atoms with E-state index in [0.717, 1.165) is 48.6 Å². The number of fused-ring (bicyclic) bond motifs is 3. The van der Waals surface area contributed by atoms with Crippen LogP contribution in [0.2, 0.25) is 0 Å². The van der Waals surface area contributed by atoms with Crippen molar-refractivity contribution in [1.82, 2.24) is 25.1 Å². The Morgan fingerprint density at radius 2 is 2.05 bits per heavy atom. The number of H-pyrrole nitrogens is 1. The maximum atomic E-state index is 12.8. The van der Waals surface area contributed by atoms with E-state index in [9.17, 15) is 4.39 Å². The summed E-state index contributed by atoms with van der Waals surface area (Å²) in [7, 11) is 0. The van der Waals surface area contributed by atoms with Crippen molar-refractivity contribution in [3.63, 3.8) is 0 Å². The van der Waals surface area contributed by atoms with Crippen molar-refractivity contribution in [1.29, 1.82) is 0 Å². The van der Waals surface area contributed by atoms with Crippen LogP contribution in [0.3, 0.4) is 0 Å². The Hall–Kier alpha value is -2.35. The summed E-state index contributed by atoms with van der Waals surface area (Å²) < 4.78 is 12.8. The lowest BCUT2D eigenvalue weighted by molar-refractivity contribution is 0.614. The molecule has 0 radical (unpaired) electrons. The number of aryl methyl sites for hydroxylation is 2. The summed E-state index contributed by atoms with van der Waals surface area (Å²) in [5.74, 6) is -0.119. The monoisotopic (exact) mass is 302 g/mol. The van der Waals surface area contributed by atoms with E-state index in [-0.39, 0.29) is 0 Å². The normalized spacial score (nSPS) is 13.4. The Morgan fingerprint density at radius 3 is 2.90 bits per heavy atom. The van der Waals surface area contributed by atoms with E-state index < -0.39 is 5.82 Å². The van der Waals surface area contributed by atoms with Crippen molar-refractivity contribution in [2.45, 2.75) is 19.3 Å². The standard InChI is InChI=1S/C13H11FN6S/c14-7-4-15-12(16-5-7)19-13-18-11-8-6-17-20-9(8)2-1-3-10(11)21-13/h4-6H,1-3H2,(H,17,20)(H,15,16,18,19). The lowest BCUT2D eigenvalue weighted by Gasteiger charge is -1.99. The van der Waals surface area contributed by atoms with Gasteiger partial charge >= 0.3 is 0 Å². The van der Waals surface area contributed by atoms with Crippen LogP contribution < -0.4 is 5.32 Å². The third-order valence-electron chi connectivity index (χ3n) is 3.34. The van der Waals surface area contributed by atoms with Crippen LogP contribution in [0.1, 0.15) is 17.0 Å². The molecule has 0 saturated heterocycles. The molecule has 6 nitrogen and oxygen atoms in total. The molecule has 0 atom stereocenters. The Bertz CT molecular complexity index is 778. The third kappa shape index (κ3) is 2.27. The van der Waals surface area contributed by atoms with Gasteiger partial charge in [-0.1, -0.05) is 0 Å². The number of hydrogen-bond donors (Lipinski definition) is 2. The van der Waals surface area contributed by atoms with Gasteiger partial charge < -0.3 is 5.32 Å². The molecule has 1 aliphatic rings. The fraction of sp³-hybridized carbons (Fsp3) is 0.231. The topological polar surface area (TPSA) is 79.4 Å². The smallest absolute Gasteiger partial charge is 0.229 e. The fourth-order valence-electron chi connectivity index (χ4n) is 2.39. The first kappa shape index (κ1) is 12.4. The van der Waals surface area contributed by atoms with Gasteiger partial charge in [-0.05, 0) is 19.3 Å². The van der Waals surface area contributed by atoms with Crippen molar-refractivity contribution >= 4 is 22.4 Å². The molecule has 0 aromatic carbocycles. The quantitative estimate of drug-likeness (QED) is 0.761. The predicted molar refractivity (Wildman–Crippen MR) is 77.0 cm³/mol. The van der Waals surface area contributed by atoms with Gasteiger partial charge in [0.15, 0.2) is 10.9 Å². The Kier molecular flexibility index (Phi) is 2.88. The van der Waals surface area contributed by atoms with Gasteiger partial charge in [0.1, 0.15) is 0 Å². The highest BCUT2D eigenvalue weighted by Gasteiger charge is 2.20. The van der Waals surface area contributed by atoms with Crippen molar-refractivity contribution in [3.8, 4) is 11.3 Å². The molecule has 106 valence electrons. The van der Waals surface area contributed by atoms with Crippen LogP contribution in [0.25, 0.3) is 11.3 Å². The average Bonchev–Trinajstić information content (AvgIpc) is 3.06. The second-order valence-electron chi connectivity index (χ2n) is 4.76. The van der Waals surface area contributed by atoms with Crippen LogP contribution >= 0.6 is 11.3 Å². The molecule has 3 aromatic heterocycles. The van der Waals surface area contributed by atoms with Gasteiger partial charge in [-0.25, -0.2) is 19.3 Å². The summed E-state index contributed by atoms with van der Waals surface area (Å²) in [5.41, 5.74) is 3.15. The van der Waals surface area contributed by atoms with Crippen molar-refractivity contribution in [3.05, 3.63) is 35.0 Å². The summed E-state index contributed by atoms with van der Waals surface area (Å²) >= 11 is 1.58. The van der Waals surface area contributed by atoms with Crippen LogP contribution in [0.5, 0.6) is 0 Å². The summed E-state index contributed by atoms with van der Waals surface area (Å²) in [5, 5.41) is 10.9. The van der Waals surface area contributed by atoms with Crippen LogP contribution in [0.15, 0.2) is 18.6 Å². The summed E-state index contributed by atoms with van der Waals surface area (Å²) in [6, 6.07) is 0. The van der Waals surface area contributed by atoms with E-state index in [1.807, 2.05) is 6.20 Å². The molecule has 1 aliphatic carbocycles. The second-order valence-corrected chi connectivity index (χ2v) is 5.84. The van der Waals surface area contributed by atoms with E-state index >= 15 is 0 Å². The summed E-state index contributed by atoms with van der Waals surface area (Å²) in [6.07, 6.45) is 7.11. The third-order valence-corrected chi connectivity index (χ3v) is 4.37. The number of halogens is 1. The van der Waals surface area contributed by atoms with Crippen LogP contribution in [-0.2, 0) is 12.8 Å². The zero-order chi connectivity index (χ0) is 14.2. The molecule has 3 aromatic rings. The molecule has 0 amide bonds. The molecule has 0 spiro atoms. The van der Waals surface area contributed by atoms with E-state index in [2.05, 4.69) is 30.5 Å². The van der Waals surface area contributed by atoms with E-state index in [1.54, 1.807) is 11.3 Å². The fourth-order valence-corrected chi connectivity index (χ4v) is 3.40. The predicted octanol–water partition coefficient (Wildman–Crippen LogP) is 2.69.